The van der Waals surface area contributed by atoms with Gasteiger partial charge in [0.05, 0.1) is 6.20 Å². The Morgan fingerprint density at radius 2 is 2.19 bits per heavy atom. The third-order valence-corrected chi connectivity index (χ3v) is 5.23. The van der Waals surface area contributed by atoms with E-state index in [2.05, 4.69) is 10.4 Å². The molecule has 0 spiro atoms. The normalized spacial score (nSPS) is 21.0. The number of halogens is 3. The van der Waals surface area contributed by atoms with Gasteiger partial charge in [-0.3, -0.25) is 4.68 Å². The number of hydrogen-bond acceptors (Lipinski definition) is 4. The quantitative estimate of drug-likeness (QED) is 0.870. The van der Waals surface area contributed by atoms with Crippen LogP contribution in [0.3, 0.4) is 0 Å². The summed E-state index contributed by atoms with van der Waals surface area (Å²) in [7, 11) is -2.08. The Morgan fingerprint density at radius 3 is 2.81 bits per heavy atom. The summed E-state index contributed by atoms with van der Waals surface area (Å²) < 4.78 is 63.7. The molecule has 2 heterocycles. The van der Waals surface area contributed by atoms with Gasteiger partial charge in [0, 0.05) is 25.3 Å². The van der Waals surface area contributed by atoms with Crippen molar-refractivity contribution in [2.24, 2.45) is 0 Å². The molecule has 1 aromatic rings. The van der Waals surface area contributed by atoms with Crippen molar-refractivity contribution in [1.29, 1.82) is 0 Å². The number of hydrogen-bond donors (Lipinski definition) is 1. The Morgan fingerprint density at radius 1 is 1.48 bits per heavy atom. The van der Waals surface area contributed by atoms with Crippen LogP contribution in [0.5, 0.6) is 0 Å². The molecule has 1 unspecified atom stereocenters. The SMILES string of the molecule is CNCC1CCCN1S(=O)(=O)c1cnn(CC(F)(F)F)c1. The standard InChI is InChI=1S/C11H17F3N4O2S/c1-15-5-9-3-2-4-18(9)21(19,20)10-6-16-17(7-10)8-11(12,13)14/h6-7,9,15H,2-5,8H2,1H3. The van der Waals surface area contributed by atoms with Crippen LogP contribution in [-0.2, 0) is 16.6 Å². The summed E-state index contributed by atoms with van der Waals surface area (Å²) in [6.45, 7) is -0.419. The van der Waals surface area contributed by atoms with Gasteiger partial charge in [-0.15, -0.1) is 0 Å². The Hall–Kier alpha value is -1.13. The molecule has 0 saturated carbocycles. The number of rotatable bonds is 5. The minimum atomic E-state index is -4.44. The van der Waals surface area contributed by atoms with Crippen molar-refractivity contribution >= 4 is 10.0 Å². The first-order valence-electron chi connectivity index (χ1n) is 6.49. The Balaban J connectivity index is 2.20. The highest BCUT2D eigenvalue weighted by Gasteiger charge is 2.36. The number of sulfonamides is 1. The van der Waals surface area contributed by atoms with Crippen molar-refractivity contribution in [1.82, 2.24) is 19.4 Å². The van der Waals surface area contributed by atoms with E-state index in [0.717, 1.165) is 25.2 Å². The van der Waals surface area contributed by atoms with Crippen molar-refractivity contribution in [3.05, 3.63) is 12.4 Å². The molecule has 1 aromatic heterocycles. The topological polar surface area (TPSA) is 67.2 Å². The van der Waals surface area contributed by atoms with Crippen LogP contribution in [0.4, 0.5) is 13.2 Å². The minimum absolute atomic E-state index is 0.175. The second kappa shape index (κ2) is 5.93. The average molecular weight is 326 g/mol. The lowest BCUT2D eigenvalue weighted by Gasteiger charge is -2.23. The summed E-state index contributed by atoms with van der Waals surface area (Å²) in [6.07, 6.45) is -1.07. The minimum Gasteiger partial charge on any atom is -0.318 e. The molecule has 1 aliphatic rings. The summed E-state index contributed by atoms with van der Waals surface area (Å²) in [5.74, 6) is 0. The van der Waals surface area contributed by atoms with Crippen molar-refractivity contribution in [2.45, 2.75) is 36.5 Å². The molecule has 0 aromatic carbocycles. The lowest BCUT2D eigenvalue weighted by molar-refractivity contribution is -0.142. The lowest BCUT2D eigenvalue weighted by atomic mass is 10.2. The Labute approximate surface area is 121 Å². The van der Waals surface area contributed by atoms with E-state index in [9.17, 15) is 21.6 Å². The molecule has 0 radical (unpaired) electrons. The third kappa shape index (κ3) is 3.74. The molecule has 1 aliphatic heterocycles. The van der Waals surface area contributed by atoms with Gasteiger partial charge in [-0.1, -0.05) is 0 Å². The summed E-state index contributed by atoms with van der Waals surface area (Å²) >= 11 is 0. The van der Waals surface area contributed by atoms with Gasteiger partial charge in [-0.2, -0.15) is 22.6 Å². The summed E-state index contributed by atoms with van der Waals surface area (Å²) in [5, 5.41) is 6.41. The van der Waals surface area contributed by atoms with Crippen LogP contribution < -0.4 is 5.32 Å². The first-order chi connectivity index (χ1) is 9.74. The molecule has 0 aliphatic carbocycles. The zero-order valence-electron chi connectivity index (χ0n) is 11.5. The fraction of sp³-hybridized carbons (Fsp3) is 0.727. The molecular formula is C11H17F3N4O2S. The maximum atomic E-state index is 12.5. The number of nitrogens with one attached hydrogen (secondary N) is 1. The maximum Gasteiger partial charge on any atom is 0.408 e. The molecule has 1 saturated heterocycles. The van der Waals surface area contributed by atoms with Gasteiger partial charge in [0.1, 0.15) is 11.4 Å². The Bertz CT molecular complexity index is 585. The van der Waals surface area contributed by atoms with Crippen molar-refractivity contribution in [3.63, 3.8) is 0 Å². The lowest BCUT2D eigenvalue weighted by Crippen LogP contribution is -2.40. The van der Waals surface area contributed by atoms with Crippen LogP contribution >= 0.6 is 0 Å². The average Bonchev–Trinajstić information content (AvgIpc) is 2.96. The summed E-state index contributed by atoms with van der Waals surface area (Å²) in [5.41, 5.74) is 0. The highest BCUT2D eigenvalue weighted by molar-refractivity contribution is 7.89. The molecular weight excluding hydrogens is 309 g/mol. The molecule has 10 heteroatoms. The number of likely N-dealkylation sites (N-methyl/N-ethyl adjacent to an activating group) is 1. The van der Waals surface area contributed by atoms with Gasteiger partial charge in [0.2, 0.25) is 10.0 Å². The van der Waals surface area contributed by atoms with Crippen LogP contribution in [0.1, 0.15) is 12.8 Å². The predicted octanol–water partition coefficient (Wildman–Crippen LogP) is 0.818. The van der Waals surface area contributed by atoms with E-state index in [1.165, 1.54) is 4.31 Å². The van der Waals surface area contributed by atoms with E-state index >= 15 is 0 Å². The van der Waals surface area contributed by atoms with Crippen LogP contribution in [0.25, 0.3) is 0 Å². The predicted molar refractivity (Wildman–Crippen MR) is 69.1 cm³/mol. The van der Waals surface area contributed by atoms with Gasteiger partial charge in [-0.05, 0) is 19.9 Å². The van der Waals surface area contributed by atoms with E-state index in [-0.39, 0.29) is 10.9 Å². The smallest absolute Gasteiger partial charge is 0.318 e. The highest BCUT2D eigenvalue weighted by Crippen LogP contribution is 2.26. The van der Waals surface area contributed by atoms with Gasteiger partial charge in [-0.25, -0.2) is 8.42 Å². The van der Waals surface area contributed by atoms with Gasteiger partial charge in [0.15, 0.2) is 0 Å². The molecule has 1 atom stereocenters. The largest absolute Gasteiger partial charge is 0.408 e. The molecule has 120 valence electrons. The van der Waals surface area contributed by atoms with Crippen molar-refractivity contribution < 1.29 is 21.6 Å². The fourth-order valence-corrected chi connectivity index (χ4v) is 4.10. The van der Waals surface area contributed by atoms with Crippen LogP contribution in [0.15, 0.2) is 17.3 Å². The van der Waals surface area contributed by atoms with E-state index in [1.54, 1.807) is 7.05 Å². The van der Waals surface area contributed by atoms with E-state index < -0.39 is 22.7 Å². The molecule has 21 heavy (non-hydrogen) atoms. The Kier molecular flexibility index (Phi) is 4.59. The first kappa shape index (κ1) is 16.2. The zero-order valence-corrected chi connectivity index (χ0v) is 12.3. The molecule has 1 fully saturated rings. The van der Waals surface area contributed by atoms with E-state index in [0.29, 0.717) is 17.8 Å². The second-order valence-corrected chi connectivity index (χ2v) is 6.85. The molecule has 0 bridgehead atoms. The number of aromatic nitrogens is 2. The number of alkyl halides is 3. The molecule has 2 rings (SSSR count). The van der Waals surface area contributed by atoms with Crippen LogP contribution in [0, 0.1) is 0 Å². The van der Waals surface area contributed by atoms with Crippen LogP contribution in [-0.4, -0.2) is 54.9 Å². The fourth-order valence-electron chi connectivity index (χ4n) is 2.45. The monoisotopic (exact) mass is 326 g/mol. The van der Waals surface area contributed by atoms with Crippen molar-refractivity contribution in [3.8, 4) is 0 Å². The zero-order chi connectivity index (χ0) is 15.7. The maximum absolute atomic E-state index is 12.5. The van der Waals surface area contributed by atoms with Gasteiger partial charge >= 0.3 is 6.18 Å². The van der Waals surface area contributed by atoms with Gasteiger partial charge in [0.25, 0.3) is 0 Å². The van der Waals surface area contributed by atoms with Crippen LogP contribution in [0.2, 0.25) is 0 Å². The molecule has 6 nitrogen and oxygen atoms in total. The first-order valence-corrected chi connectivity index (χ1v) is 7.94. The molecule has 0 amide bonds. The second-order valence-electron chi connectivity index (χ2n) is 4.96. The third-order valence-electron chi connectivity index (χ3n) is 3.32. The van der Waals surface area contributed by atoms with E-state index in [1.807, 2.05) is 0 Å². The molecule has 1 N–H and O–H groups in total. The van der Waals surface area contributed by atoms with Gasteiger partial charge < -0.3 is 5.32 Å². The van der Waals surface area contributed by atoms with Crippen molar-refractivity contribution in [2.75, 3.05) is 20.1 Å². The summed E-state index contributed by atoms with van der Waals surface area (Å²) in [4.78, 5) is -0.199. The highest BCUT2D eigenvalue weighted by atomic mass is 32.2. The number of nitrogens with zero attached hydrogens (tertiary/aromatic N) is 3. The summed E-state index contributed by atoms with van der Waals surface area (Å²) in [6, 6.07) is -0.175. The van der Waals surface area contributed by atoms with E-state index in [4.69, 9.17) is 0 Å².